The summed E-state index contributed by atoms with van der Waals surface area (Å²) in [6.45, 7) is 3.97. The lowest BCUT2D eigenvalue weighted by molar-refractivity contribution is 0.0429. The molecule has 2 heterocycles. The maximum Gasteiger partial charge on any atom is 0.338 e. The first-order valence-corrected chi connectivity index (χ1v) is 8.06. The number of esters is 1. The van der Waals surface area contributed by atoms with E-state index in [9.17, 15) is 4.79 Å². The van der Waals surface area contributed by atoms with Crippen LogP contribution < -0.4 is 9.47 Å². The zero-order chi connectivity index (χ0) is 18.1. The normalized spacial score (nSPS) is 12.2. The monoisotopic (exact) mass is 352 g/mol. The van der Waals surface area contributed by atoms with Crippen LogP contribution in [-0.4, -0.2) is 22.9 Å². The predicted molar refractivity (Wildman–Crippen MR) is 90.9 cm³/mol. The van der Waals surface area contributed by atoms with Crippen molar-refractivity contribution in [1.29, 1.82) is 0 Å². The Labute approximate surface area is 149 Å². The summed E-state index contributed by atoms with van der Waals surface area (Å²) in [6.07, 6.45) is 0. The maximum absolute atomic E-state index is 12.2. The average Bonchev–Trinajstić information content (AvgIpc) is 3.27. The van der Waals surface area contributed by atoms with Gasteiger partial charge in [-0.1, -0.05) is 22.3 Å². The number of fused-ring (bicyclic) bond motifs is 1. The molecule has 0 saturated carbocycles. The number of carbonyl (C=O) groups is 1. The fourth-order valence-electron chi connectivity index (χ4n) is 2.77. The van der Waals surface area contributed by atoms with Gasteiger partial charge in [0.1, 0.15) is 0 Å². The van der Waals surface area contributed by atoms with E-state index in [1.807, 2.05) is 26.0 Å². The minimum absolute atomic E-state index is 0.0939. The summed E-state index contributed by atoms with van der Waals surface area (Å²) in [5.41, 5.74) is 3.22. The number of hydrogen-bond donors (Lipinski definition) is 0. The number of rotatable bonds is 4. The van der Waals surface area contributed by atoms with Crippen LogP contribution in [0.3, 0.4) is 0 Å². The summed E-state index contributed by atoms with van der Waals surface area (Å²) in [5, 5.41) is 3.92. The first kappa shape index (κ1) is 16.1. The first-order chi connectivity index (χ1) is 12.6. The fourth-order valence-corrected chi connectivity index (χ4v) is 2.77. The van der Waals surface area contributed by atoms with E-state index in [0.29, 0.717) is 22.9 Å². The molecular weight excluding hydrogens is 336 g/mol. The van der Waals surface area contributed by atoms with Gasteiger partial charge in [-0.25, -0.2) is 4.79 Å². The molecule has 1 aliphatic rings. The summed E-state index contributed by atoms with van der Waals surface area (Å²) in [6, 6.07) is 10.9. The van der Waals surface area contributed by atoms with E-state index in [1.165, 1.54) is 0 Å². The Balaban J connectivity index is 1.44. The molecular formula is C19H16N2O5. The zero-order valence-corrected chi connectivity index (χ0v) is 14.3. The van der Waals surface area contributed by atoms with Crippen molar-refractivity contribution in [2.45, 2.75) is 20.5 Å². The summed E-state index contributed by atoms with van der Waals surface area (Å²) in [4.78, 5) is 16.4. The van der Waals surface area contributed by atoms with Crippen molar-refractivity contribution in [2.75, 3.05) is 6.79 Å². The Hall–Kier alpha value is -3.35. The van der Waals surface area contributed by atoms with Gasteiger partial charge in [0.25, 0.3) is 5.89 Å². The van der Waals surface area contributed by atoms with Crippen LogP contribution in [0.25, 0.3) is 11.4 Å². The molecule has 7 heteroatoms. The molecule has 1 aliphatic heterocycles. The van der Waals surface area contributed by atoms with Crippen molar-refractivity contribution in [3.05, 3.63) is 59.0 Å². The topological polar surface area (TPSA) is 83.7 Å². The van der Waals surface area contributed by atoms with Crippen LogP contribution in [-0.2, 0) is 11.3 Å². The molecule has 26 heavy (non-hydrogen) atoms. The van der Waals surface area contributed by atoms with Gasteiger partial charge < -0.3 is 18.7 Å². The van der Waals surface area contributed by atoms with Crippen molar-refractivity contribution in [3.8, 4) is 22.9 Å². The molecule has 0 unspecified atom stereocenters. The Kier molecular flexibility index (Phi) is 4.04. The van der Waals surface area contributed by atoms with Gasteiger partial charge in [-0.3, -0.25) is 0 Å². The van der Waals surface area contributed by atoms with Gasteiger partial charge in [-0.05, 0) is 44.2 Å². The number of hydrogen-bond acceptors (Lipinski definition) is 7. The van der Waals surface area contributed by atoms with Crippen LogP contribution in [0.15, 0.2) is 40.9 Å². The highest BCUT2D eigenvalue weighted by atomic mass is 16.7. The standard InChI is InChI=1S/C19H16N2O5/c1-11-5-12(2)7-14(6-11)19(22)23-9-17-20-18(21-26-17)13-3-4-15-16(8-13)25-10-24-15/h3-8H,9-10H2,1-2H3. The van der Waals surface area contributed by atoms with E-state index in [0.717, 1.165) is 16.7 Å². The van der Waals surface area contributed by atoms with E-state index in [4.69, 9.17) is 18.7 Å². The molecule has 2 aromatic carbocycles. The van der Waals surface area contributed by atoms with Gasteiger partial charge in [0.15, 0.2) is 18.1 Å². The van der Waals surface area contributed by atoms with Crippen molar-refractivity contribution >= 4 is 5.97 Å². The number of ether oxygens (including phenoxy) is 3. The molecule has 0 N–H and O–H groups in total. The molecule has 0 bridgehead atoms. The highest BCUT2D eigenvalue weighted by Gasteiger charge is 2.17. The van der Waals surface area contributed by atoms with E-state index in [2.05, 4.69) is 10.1 Å². The van der Waals surface area contributed by atoms with E-state index >= 15 is 0 Å². The summed E-state index contributed by atoms with van der Waals surface area (Å²) >= 11 is 0. The molecule has 3 aromatic rings. The van der Waals surface area contributed by atoms with Gasteiger partial charge in [-0.2, -0.15) is 4.98 Å². The number of aryl methyl sites for hydroxylation is 2. The lowest BCUT2D eigenvalue weighted by Gasteiger charge is -2.04. The van der Waals surface area contributed by atoms with Crippen molar-refractivity contribution in [2.24, 2.45) is 0 Å². The first-order valence-electron chi connectivity index (χ1n) is 8.06. The fraction of sp³-hybridized carbons (Fsp3) is 0.211. The Morgan fingerprint density at radius 1 is 1.08 bits per heavy atom. The quantitative estimate of drug-likeness (QED) is 0.665. The van der Waals surface area contributed by atoms with Crippen LogP contribution in [0, 0.1) is 13.8 Å². The maximum atomic E-state index is 12.2. The molecule has 0 spiro atoms. The minimum Gasteiger partial charge on any atom is -0.454 e. The van der Waals surface area contributed by atoms with Crippen molar-refractivity contribution < 1.29 is 23.5 Å². The highest BCUT2D eigenvalue weighted by molar-refractivity contribution is 5.89. The minimum atomic E-state index is -0.431. The second kappa shape index (κ2) is 6.51. The van der Waals surface area contributed by atoms with Gasteiger partial charge in [-0.15, -0.1) is 0 Å². The summed E-state index contributed by atoms with van der Waals surface area (Å²) in [5.74, 6) is 1.49. The van der Waals surface area contributed by atoms with Crippen LogP contribution in [0.5, 0.6) is 11.5 Å². The smallest absolute Gasteiger partial charge is 0.338 e. The number of carbonyl (C=O) groups excluding carboxylic acids is 1. The van der Waals surface area contributed by atoms with Gasteiger partial charge >= 0.3 is 5.97 Å². The third-order valence-electron chi connectivity index (χ3n) is 3.88. The number of nitrogens with zero attached hydrogens (tertiary/aromatic N) is 2. The van der Waals surface area contributed by atoms with E-state index < -0.39 is 5.97 Å². The lowest BCUT2D eigenvalue weighted by atomic mass is 10.1. The Bertz CT molecular complexity index is 960. The summed E-state index contributed by atoms with van der Waals surface area (Å²) < 4.78 is 21.0. The van der Waals surface area contributed by atoms with Crippen LogP contribution in [0.4, 0.5) is 0 Å². The largest absolute Gasteiger partial charge is 0.454 e. The molecule has 0 aliphatic carbocycles. The third kappa shape index (κ3) is 3.23. The molecule has 132 valence electrons. The number of benzene rings is 2. The Morgan fingerprint density at radius 3 is 2.65 bits per heavy atom. The van der Waals surface area contributed by atoms with Crippen LogP contribution in [0.2, 0.25) is 0 Å². The van der Waals surface area contributed by atoms with E-state index in [1.54, 1.807) is 24.3 Å². The van der Waals surface area contributed by atoms with E-state index in [-0.39, 0.29) is 19.3 Å². The molecule has 0 saturated heterocycles. The zero-order valence-electron chi connectivity index (χ0n) is 14.3. The molecule has 0 radical (unpaired) electrons. The van der Waals surface area contributed by atoms with Crippen molar-refractivity contribution in [3.63, 3.8) is 0 Å². The average molecular weight is 352 g/mol. The van der Waals surface area contributed by atoms with Gasteiger partial charge in [0, 0.05) is 5.56 Å². The predicted octanol–water partition coefficient (Wildman–Crippen LogP) is 3.44. The second-order valence-electron chi connectivity index (χ2n) is 6.03. The van der Waals surface area contributed by atoms with Gasteiger partial charge in [0.2, 0.25) is 12.6 Å². The van der Waals surface area contributed by atoms with Crippen molar-refractivity contribution in [1.82, 2.24) is 10.1 Å². The Morgan fingerprint density at radius 2 is 1.85 bits per heavy atom. The summed E-state index contributed by atoms with van der Waals surface area (Å²) in [7, 11) is 0. The molecule has 0 amide bonds. The molecule has 1 aromatic heterocycles. The molecule has 7 nitrogen and oxygen atoms in total. The van der Waals surface area contributed by atoms with Crippen LogP contribution in [0.1, 0.15) is 27.4 Å². The SMILES string of the molecule is Cc1cc(C)cc(C(=O)OCc2nc(-c3ccc4c(c3)OCO4)no2)c1. The second-order valence-corrected chi connectivity index (χ2v) is 6.03. The van der Waals surface area contributed by atoms with Crippen LogP contribution >= 0.6 is 0 Å². The molecule has 0 fully saturated rings. The lowest BCUT2D eigenvalue weighted by Crippen LogP contribution is -2.06. The third-order valence-corrected chi connectivity index (χ3v) is 3.88. The van der Waals surface area contributed by atoms with Gasteiger partial charge in [0.05, 0.1) is 5.56 Å². The highest BCUT2D eigenvalue weighted by Crippen LogP contribution is 2.35. The number of aromatic nitrogens is 2. The molecule has 4 rings (SSSR count). The molecule has 0 atom stereocenters.